The molecule has 1 N–H and O–H groups in total. The molecular formula is C18H15BrFN3O2. The maximum Gasteiger partial charge on any atom is 0.257 e. The Bertz CT molecular complexity index is 858. The van der Waals surface area contributed by atoms with E-state index >= 15 is 0 Å². The molecule has 0 aliphatic carbocycles. The van der Waals surface area contributed by atoms with E-state index < -0.39 is 5.82 Å². The highest BCUT2D eigenvalue weighted by atomic mass is 79.9. The van der Waals surface area contributed by atoms with Gasteiger partial charge >= 0.3 is 0 Å². The Balaban J connectivity index is 1.74. The standard InChI is InChI=1S/C18H15BrFN3O2/c19-12-4-5-17(24)13(10-12)18(25)23-8-6-22(7-9-23)16-3-1-2-15(20)14(16)11-21/h1-5,10,24H,6-9H2. The predicted octanol–water partition coefficient (Wildman–Crippen LogP) is 3.13. The minimum absolute atomic E-state index is 0.0203. The van der Waals surface area contributed by atoms with Gasteiger partial charge < -0.3 is 14.9 Å². The van der Waals surface area contributed by atoms with Crippen molar-refractivity contribution in [3.8, 4) is 11.8 Å². The number of anilines is 1. The Morgan fingerprint density at radius 3 is 2.60 bits per heavy atom. The van der Waals surface area contributed by atoms with Gasteiger partial charge in [0.05, 0.1) is 11.3 Å². The summed E-state index contributed by atoms with van der Waals surface area (Å²) in [5.41, 5.74) is 0.804. The molecule has 1 aliphatic rings. The van der Waals surface area contributed by atoms with Gasteiger partial charge in [-0.3, -0.25) is 4.79 Å². The van der Waals surface area contributed by atoms with Crippen molar-refractivity contribution in [3.05, 3.63) is 57.8 Å². The highest BCUT2D eigenvalue weighted by Gasteiger charge is 2.25. The summed E-state index contributed by atoms with van der Waals surface area (Å²) in [6, 6.07) is 11.2. The van der Waals surface area contributed by atoms with E-state index in [1.807, 2.05) is 11.0 Å². The van der Waals surface area contributed by atoms with Crippen LogP contribution in [0.3, 0.4) is 0 Å². The molecule has 2 aromatic carbocycles. The number of halogens is 2. The molecule has 5 nitrogen and oxygen atoms in total. The van der Waals surface area contributed by atoms with Gasteiger partial charge in [0.15, 0.2) is 0 Å². The van der Waals surface area contributed by atoms with Gasteiger partial charge in [0, 0.05) is 30.7 Å². The molecule has 2 aromatic rings. The van der Waals surface area contributed by atoms with Gasteiger partial charge in [-0.05, 0) is 30.3 Å². The van der Waals surface area contributed by atoms with Crippen molar-refractivity contribution in [1.82, 2.24) is 4.90 Å². The first kappa shape index (κ1) is 17.2. The lowest BCUT2D eigenvalue weighted by Gasteiger charge is -2.36. The van der Waals surface area contributed by atoms with Crippen LogP contribution in [-0.4, -0.2) is 42.1 Å². The van der Waals surface area contributed by atoms with Gasteiger partial charge in [0.25, 0.3) is 5.91 Å². The molecule has 3 rings (SSSR count). The summed E-state index contributed by atoms with van der Waals surface area (Å²) in [6.45, 7) is 1.82. The van der Waals surface area contributed by atoms with Crippen LogP contribution in [0.25, 0.3) is 0 Å². The van der Waals surface area contributed by atoms with Gasteiger partial charge in [0.2, 0.25) is 0 Å². The first-order chi connectivity index (χ1) is 12.0. The zero-order valence-electron chi connectivity index (χ0n) is 13.2. The average molecular weight is 404 g/mol. The molecule has 0 spiro atoms. The number of amides is 1. The van der Waals surface area contributed by atoms with Crippen LogP contribution < -0.4 is 4.90 Å². The van der Waals surface area contributed by atoms with Gasteiger partial charge in [-0.25, -0.2) is 4.39 Å². The molecule has 0 aromatic heterocycles. The van der Waals surface area contributed by atoms with E-state index in [0.29, 0.717) is 36.3 Å². The molecule has 25 heavy (non-hydrogen) atoms. The predicted molar refractivity (Wildman–Crippen MR) is 95.0 cm³/mol. The normalized spacial score (nSPS) is 14.3. The Hall–Kier alpha value is -2.59. The molecule has 1 saturated heterocycles. The van der Waals surface area contributed by atoms with E-state index in [1.165, 1.54) is 12.1 Å². The minimum Gasteiger partial charge on any atom is -0.507 e. The molecule has 0 radical (unpaired) electrons. The van der Waals surface area contributed by atoms with Crippen molar-refractivity contribution in [2.45, 2.75) is 0 Å². The molecule has 0 unspecified atom stereocenters. The zero-order chi connectivity index (χ0) is 18.0. The van der Waals surface area contributed by atoms with Crippen LogP contribution in [-0.2, 0) is 0 Å². The zero-order valence-corrected chi connectivity index (χ0v) is 14.8. The first-order valence-corrected chi connectivity index (χ1v) is 8.52. The highest BCUT2D eigenvalue weighted by molar-refractivity contribution is 9.10. The lowest BCUT2D eigenvalue weighted by Crippen LogP contribution is -2.49. The number of hydrogen-bond acceptors (Lipinski definition) is 4. The third kappa shape index (κ3) is 3.44. The van der Waals surface area contributed by atoms with E-state index in [1.54, 1.807) is 29.2 Å². The van der Waals surface area contributed by atoms with E-state index in [4.69, 9.17) is 5.26 Å². The topological polar surface area (TPSA) is 67.6 Å². The molecule has 1 aliphatic heterocycles. The highest BCUT2D eigenvalue weighted by Crippen LogP contribution is 2.26. The molecule has 1 fully saturated rings. The fourth-order valence-corrected chi connectivity index (χ4v) is 3.25. The molecule has 128 valence electrons. The summed E-state index contributed by atoms with van der Waals surface area (Å²) in [6.07, 6.45) is 0. The second kappa shape index (κ2) is 7.11. The Kier molecular flexibility index (Phi) is 4.91. The fourth-order valence-electron chi connectivity index (χ4n) is 2.89. The Morgan fingerprint density at radius 1 is 1.20 bits per heavy atom. The van der Waals surface area contributed by atoms with Crippen LogP contribution in [0.4, 0.5) is 10.1 Å². The van der Waals surface area contributed by atoms with Crippen LogP contribution in [0.15, 0.2) is 40.9 Å². The number of benzene rings is 2. The van der Waals surface area contributed by atoms with Crippen molar-refractivity contribution < 1.29 is 14.3 Å². The average Bonchev–Trinajstić information content (AvgIpc) is 2.63. The first-order valence-electron chi connectivity index (χ1n) is 7.72. The van der Waals surface area contributed by atoms with E-state index in [2.05, 4.69) is 15.9 Å². The Morgan fingerprint density at radius 2 is 1.92 bits per heavy atom. The third-order valence-corrected chi connectivity index (χ3v) is 4.69. The fraction of sp³-hybridized carbons (Fsp3) is 0.222. The number of carbonyl (C=O) groups is 1. The van der Waals surface area contributed by atoms with E-state index in [9.17, 15) is 14.3 Å². The summed E-state index contributed by atoms with van der Waals surface area (Å²) < 4.78 is 14.5. The van der Waals surface area contributed by atoms with Crippen molar-refractivity contribution in [2.24, 2.45) is 0 Å². The maximum absolute atomic E-state index is 13.8. The number of phenols is 1. The third-order valence-electron chi connectivity index (χ3n) is 4.20. The summed E-state index contributed by atoms with van der Waals surface area (Å²) >= 11 is 3.30. The number of nitriles is 1. The Labute approximate surface area is 153 Å². The summed E-state index contributed by atoms with van der Waals surface area (Å²) in [5.74, 6) is -0.858. The molecule has 0 atom stereocenters. The summed E-state index contributed by atoms with van der Waals surface area (Å²) in [5, 5.41) is 19.1. The van der Waals surface area contributed by atoms with Gasteiger partial charge in [-0.15, -0.1) is 0 Å². The molecule has 0 saturated carbocycles. The van der Waals surface area contributed by atoms with Crippen molar-refractivity contribution in [3.63, 3.8) is 0 Å². The van der Waals surface area contributed by atoms with Crippen LogP contribution in [0.1, 0.15) is 15.9 Å². The number of carbonyl (C=O) groups excluding carboxylic acids is 1. The minimum atomic E-state index is -0.544. The quantitative estimate of drug-likeness (QED) is 0.836. The monoisotopic (exact) mass is 403 g/mol. The number of piperazine rings is 1. The second-order valence-corrected chi connectivity index (χ2v) is 6.60. The van der Waals surface area contributed by atoms with Crippen LogP contribution in [0.2, 0.25) is 0 Å². The SMILES string of the molecule is N#Cc1c(F)cccc1N1CCN(C(=O)c2cc(Br)ccc2O)CC1. The largest absolute Gasteiger partial charge is 0.507 e. The van der Waals surface area contributed by atoms with Crippen molar-refractivity contribution in [2.75, 3.05) is 31.1 Å². The van der Waals surface area contributed by atoms with Gasteiger partial charge in [0.1, 0.15) is 23.2 Å². The summed E-state index contributed by atoms with van der Waals surface area (Å²) in [7, 11) is 0. The molecule has 0 bridgehead atoms. The summed E-state index contributed by atoms with van der Waals surface area (Å²) in [4.78, 5) is 16.1. The number of rotatable bonds is 2. The number of aromatic hydroxyl groups is 1. The maximum atomic E-state index is 13.8. The number of phenolic OH excluding ortho intramolecular Hbond substituents is 1. The smallest absolute Gasteiger partial charge is 0.257 e. The van der Waals surface area contributed by atoms with Crippen molar-refractivity contribution in [1.29, 1.82) is 5.26 Å². The molecule has 7 heteroatoms. The number of nitrogens with zero attached hydrogens (tertiary/aromatic N) is 3. The van der Waals surface area contributed by atoms with E-state index in [-0.39, 0.29) is 22.8 Å². The molecular weight excluding hydrogens is 389 g/mol. The lowest BCUT2D eigenvalue weighted by molar-refractivity contribution is 0.0743. The van der Waals surface area contributed by atoms with Gasteiger partial charge in [-0.2, -0.15) is 5.26 Å². The lowest BCUT2D eigenvalue weighted by atomic mass is 10.1. The van der Waals surface area contributed by atoms with Crippen LogP contribution in [0.5, 0.6) is 5.75 Å². The van der Waals surface area contributed by atoms with Crippen LogP contribution >= 0.6 is 15.9 Å². The molecule has 1 heterocycles. The molecule has 1 amide bonds. The van der Waals surface area contributed by atoms with Gasteiger partial charge in [-0.1, -0.05) is 22.0 Å². The van der Waals surface area contributed by atoms with Crippen LogP contribution in [0, 0.1) is 17.1 Å². The second-order valence-electron chi connectivity index (χ2n) is 5.69. The van der Waals surface area contributed by atoms with E-state index in [0.717, 1.165) is 0 Å². The number of hydrogen-bond donors (Lipinski definition) is 1. The van der Waals surface area contributed by atoms with Crippen molar-refractivity contribution >= 4 is 27.5 Å².